The molecule has 0 radical (unpaired) electrons. The number of unbranched alkanes of at least 4 members (excludes halogenated alkanes) is 21. The third kappa shape index (κ3) is 27.5. The van der Waals surface area contributed by atoms with Crippen molar-refractivity contribution in [3.63, 3.8) is 0 Å². The second-order valence-corrected chi connectivity index (χ2v) is 10.9. The molecule has 0 bridgehead atoms. The maximum atomic E-state index is 12.0. The van der Waals surface area contributed by atoms with Crippen LogP contribution in [0.15, 0.2) is 0 Å². The molecule has 0 N–H and O–H groups in total. The average molecular weight is 511 g/mol. The van der Waals surface area contributed by atoms with Crippen LogP contribution in [-0.2, 0) is 19.1 Å². The van der Waals surface area contributed by atoms with E-state index in [1.54, 1.807) is 6.92 Å². The maximum Gasteiger partial charge on any atom is 0.306 e. The van der Waals surface area contributed by atoms with Crippen LogP contribution in [0.4, 0.5) is 0 Å². The zero-order valence-electron chi connectivity index (χ0n) is 24.6. The van der Waals surface area contributed by atoms with Gasteiger partial charge in [0, 0.05) is 12.8 Å². The number of carbonyl (C=O) groups is 2. The first-order valence-corrected chi connectivity index (χ1v) is 15.9. The van der Waals surface area contributed by atoms with Crippen molar-refractivity contribution in [2.45, 2.75) is 187 Å². The lowest BCUT2D eigenvalue weighted by Crippen LogP contribution is -2.22. The van der Waals surface area contributed by atoms with Gasteiger partial charge in [-0.3, -0.25) is 9.59 Å². The van der Waals surface area contributed by atoms with Crippen LogP contribution in [-0.4, -0.2) is 24.6 Å². The fraction of sp³-hybridized carbons (Fsp3) is 0.938. The molecule has 0 heterocycles. The number of carbonyl (C=O) groups excluding carboxylic acids is 2. The van der Waals surface area contributed by atoms with Gasteiger partial charge in [0.2, 0.25) is 0 Å². The molecule has 0 saturated heterocycles. The Balaban J connectivity index is 3.42. The quantitative estimate of drug-likeness (QED) is 0.0775. The molecule has 0 aliphatic heterocycles. The van der Waals surface area contributed by atoms with Crippen LogP contribution in [0.25, 0.3) is 0 Å². The van der Waals surface area contributed by atoms with Gasteiger partial charge in [-0.1, -0.05) is 149 Å². The van der Waals surface area contributed by atoms with Crippen molar-refractivity contribution in [2.75, 3.05) is 6.61 Å². The van der Waals surface area contributed by atoms with E-state index >= 15 is 0 Å². The van der Waals surface area contributed by atoms with Gasteiger partial charge in [0.15, 0.2) is 0 Å². The highest BCUT2D eigenvalue weighted by Crippen LogP contribution is 2.14. The number of hydrogen-bond acceptors (Lipinski definition) is 4. The highest BCUT2D eigenvalue weighted by molar-refractivity contribution is 5.70. The fourth-order valence-corrected chi connectivity index (χ4v) is 4.64. The minimum absolute atomic E-state index is 0.168. The second kappa shape index (κ2) is 28.5. The zero-order chi connectivity index (χ0) is 26.5. The van der Waals surface area contributed by atoms with E-state index in [2.05, 4.69) is 13.8 Å². The Morgan fingerprint density at radius 3 is 1.14 bits per heavy atom. The molecule has 0 aliphatic carbocycles. The summed E-state index contributed by atoms with van der Waals surface area (Å²) < 4.78 is 10.7. The summed E-state index contributed by atoms with van der Waals surface area (Å²) in [5.41, 5.74) is 0. The van der Waals surface area contributed by atoms with E-state index < -0.39 is 0 Å². The van der Waals surface area contributed by atoms with Gasteiger partial charge in [0.05, 0.1) is 0 Å². The molecule has 1 unspecified atom stereocenters. The van der Waals surface area contributed by atoms with Gasteiger partial charge in [0.1, 0.15) is 12.7 Å². The first kappa shape index (κ1) is 34.9. The van der Waals surface area contributed by atoms with E-state index in [1.165, 1.54) is 122 Å². The van der Waals surface area contributed by atoms with Gasteiger partial charge in [-0.15, -0.1) is 0 Å². The predicted molar refractivity (Wildman–Crippen MR) is 153 cm³/mol. The number of ether oxygens (including phenoxy) is 2. The Labute approximate surface area is 225 Å². The molecule has 4 nitrogen and oxygen atoms in total. The molecule has 0 aromatic rings. The number of hydrogen-bond donors (Lipinski definition) is 0. The summed E-state index contributed by atoms with van der Waals surface area (Å²) >= 11 is 0. The van der Waals surface area contributed by atoms with Crippen molar-refractivity contribution in [3.8, 4) is 0 Å². The summed E-state index contributed by atoms with van der Waals surface area (Å²) in [6, 6.07) is 0. The van der Waals surface area contributed by atoms with Crippen LogP contribution in [0.2, 0.25) is 0 Å². The second-order valence-electron chi connectivity index (χ2n) is 10.9. The summed E-state index contributed by atoms with van der Waals surface area (Å²) in [7, 11) is 0. The number of rotatable bonds is 28. The van der Waals surface area contributed by atoms with Crippen LogP contribution in [0.5, 0.6) is 0 Å². The smallest absolute Gasteiger partial charge is 0.306 e. The first-order valence-electron chi connectivity index (χ1n) is 15.9. The topological polar surface area (TPSA) is 52.6 Å². The number of esters is 2. The van der Waals surface area contributed by atoms with E-state index in [9.17, 15) is 9.59 Å². The molecule has 1 atom stereocenters. The normalized spacial score (nSPS) is 12.0. The maximum absolute atomic E-state index is 12.0. The standard InChI is InChI=1S/C32H62O4/c1-4-6-8-10-12-14-16-18-19-21-23-25-27-31(33)35-29-30(3)36-32(34)28-26-24-22-20-17-15-13-11-9-7-5-2/h30H,4-29H2,1-3H3. The Hall–Kier alpha value is -1.06. The summed E-state index contributed by atoms with van der Waals surface area (Å²) in [6.07, 6.45) is 29.9. The Bertz CT molecular complexity index is 477. The van der Waals surface area contributed by atoms with Crippen LogP contribution >= 0.6 is 0 Å². The lowest BCUT2D eigenvalue weighted by Gasteiger charge is -2.13. The van der Waals surface area contributed by atoms with E-state index in [0.717, 1.165) is 25.7 Å². The monoisotopic (exact) mass is 510 g/mol. The van der Waals surface area contributed by atoms with E-state index in [-0.39, 0.29) is 24.6 Å². The highest BCUT2D eigenvalue weighted by atomic mass is 16.6. The summed E-state index contributed by atoms with van der Waals surface area (Å²) in [6.45, 7) is 6.49. The van der Waals surface area contributed by atoms with E-state index in [0.29, 0.717) is 12.8 Å². The molecule has 0 aromatic carbocycles. The van der Waals surface area contributed by atoms with Gasteiger partial charge in [0.25, 0.3) is 0 Å². The van der Waals surface area contributed by atoms with Crippen molar-refractivity contribution in [1.29, 1.82) is 0 Å². The molecule has 36 heavy (non-hydrogen) atoms. The SMILES string of the molecule is CCCCCCCCCCCCCCC(=O)OCC(C)OC(=O)CCCCCCCCCCCCC. The minimum atomic E-state index is -0.365. The van der Waals surface area contributed by atoms with Gasteiger partial charge in [-0.25, -0.2) is 0 Å². The van der Waals surface area contributed by atoms with E-state index in [4.69, 9.17) is 9.47 Å². The van der Waals surface area contributed by atoms with Crippen molar-refractivity contribution >= 4 is 11.9 Å². The Morgan fingerprint density at radius 2 is 0.778 bits per heavy atom. The zero-order valence-corrected chi connectivity index (χ0v) is 24.6. The van der Waals surface area contributed by atoms with Crippen molar-refractivity contribution < 1.29 is 19.1 Å². The van der Waals surface area contributed by atoms with Crippen LogP contribution < -0.4 is 0 Å². The van der Waals surface area contributed by atoms with E-state index in [1.807, 2.05) is 0 Å². The molecule has 0 rings (SSSR count). The Kier molecular flexibility index (Phi) is 27.7. The lowest BCUT2D eigenvalue weighted by atomic mass is 10.0. The van der Waals surface area contributed by atoms with Gasteiger partial charge >= 0.3 is 11.9 Å². The third-order valence-corrected chi connectivity index (χ3v) is 7.03. The van der Waals surface area contributed by atoms with Crippen molar-refractivity contribution in [3.05, 3.63) is 0 Å². The average Bonchev–Trinajstić information content (AvgIpc) is 2.86. The molecule has 0 amide bonds. The van der Waals surface area contributed by atoms with Gasteiger partial charge < -0.3 is 9.47 Å². The lowest BCUT2D eigenvalue weighted by molar-refractivity contribution is -0.158. The first-order chi connectivity index (χ1) is 17.6. The molecule has 0 fully saturated rings. The van der Waals surface area contributed by atoms with Crippen LogP contribution in [0, 0.1) is 0 Å². The summed E-state index contributed by atoms with van der Waals surface area (Å²) in [5, 5.41) is 0. The largest absolute Gasteiger partial charge is 0.462 e. The minimum Gasteiger partial charge on any atom is -0.462 e. The molecule has 4 heteroatoms. The molecular formula is C32H62O4. The summed E-state index contributed by atoms with van der Waals surface area (Å²) in [4.78, 5) is 23.9. The highest BCUT2D eigenvalue weighted by Gasteiger charge is 2.12. The third-order valence-electron chi connectivity index (χ3n) is 7.03. The molecule has 0 aromatic heterocycles. The van der Waals surface area contributed by atoms with Crippen molar-refractivity contribution in [1.82, 2.24) is 0 Å². The van der Waals surface area contributed by atoms with Crippen LogP contribution in [0.1, 0.15) is 181 Å². The molecule has 214 valence electrons. The van der Waals surface area contributed by atoms with Crippen molar-refractivity contribution in [2.24, 2.45) is 0 Å². The van der Waals surface area contributed by atoms with Gasteiger partial charge in [-0.05, 0) is 19.8 Å². The Morgan fingerprint density at radius 1 is 0.472 bits per heavy atom. The molecular weight excluding hydrogens is 448 g/mol. The molecule has 0 spiro atoms. The van der Waals surface area contributed by atoms with Gasteiger partial charge in [-0.2, -0.15) is 0 Å². The van der Waals surface area contributed by atoms with Crippen LogP contribution in [0.3, 0.4) is 0 Å². The summed E-state index contributed by atoms with van der Waals surface area (Å²) in [5.74, 6) is -0.342. The molecule has 0 aliphatic rings. The fourth-order valence-electron chi connectivity index (χ4n) is 4.64. The predicted octanol–water partition coefficient (Wildman–Crippen LogP) is 10.3. The molecule has 0 saturated carbocycles.